The van der Waals surface area contributed by atoms with Crippen molar-refractivity contribution in [3.05, 3.63) is 66.4 Å². The molecule has 2 aromatic rings. The lowest BCUT2D eigenvalue weighted by atomic mass is 9.76. The first-order chi connectivity index (χ1) is 11.0. The number of rotatable bonds is 4. The summed E-state index contributed by atoms with van der Waals surface area (Å²) in [4.78, 5) is 11.3. The van der Waals surface area contributed by atoms with E-state index in [1.54, 1.807) is 18.2 Å². The first-order valence-electron chi connectivity index (χ1n) is 7.35. The average Bonchev–Trinajstić information content (AvgIpc) is 2.82. The third-order valence-corrected chi connectivity index (χ3v) is 3.74. The molecule has 1 fully saturated rings. The van der Waals surface area contributed by atoms with Crippen LogP contribution in [-0.2, 0) is 9.31 Å². The second-order valence-electron chi connectivity index (χ2n) is 5.82. The first-order valence-corrected chi connectivity index (χ1v) is 7.35. The topological polar surface area (TPSA) is 44.8 Å². The van der Waals surface area contributed by atoms with Crippen molar-refractivity contribution in [2.75, 3.05) is 0 Å². The fraction of sp³-hybridized carbons (Fsp3) is 0.167. The molecule has 0 amide bonds. The standard InChI is InChI=1S/C18H17BO4/c1-13-18(2,3)23-19(22-13)17-11-16(10-9-14(17)12-20)21-15-7-5-4-6-8-15/h4-12H,1H2,2-3H3. The third kappa shape index (κ3) is 3.15. The van der Waals surface area contributed by atoms with Crippen LogP contribution in [0.15, 0.2) is 60.9 Å². The van der Waals surface area contributed by atoms with Gasteiger partial charge >= 0.3 is 7.12 Å². The van der Waals surface area contributed by atoms with Crippen molar-refractivity contribution in [3.8, 4) is 11.5 Å². The van der Waals surface area contributed by atoms with Crippen LogP contribution in [0.4, 0.5) is 0 Å². The average molecular weight is 308 g/mol. The maximum Gasteiger partial charge on any atom is 0.564 e. The number of carbonyl (C=O) groups excluding carboxylic acids is 1. The van der Waals surface area contributed by atoms with Gasteiger partial charge in [-0.1, -0.05) is 24.8 Å². The van der Waals surface area contributed by atoms with Crippen molar-refractivity contribution in [1.29, 1.82) is 0 Å². The quantitative estimate of drug-likeness (QED) is 0.642. The highest BCUT2D eigenvalue weighted by molar-refractivity contribution is 6.63. The van der Waals surface area contributed by atoms with Gasteiger partial charge in [-0.25, -0.2) is 0 Å². The Morgan fingerprint density at radius 2 is 1.87 bits per heavy atom. The fourth-order valence-electron chi connectivity index (χ4n) is 2.31. The molecule has 2 aromatic carbocycles. The van der Waals surface area contributed by atoms with Crippen LogP contribution in [0.5, 0.6) is 11.5 Å². The van der Waals surface area contributed by atoms with E-state index in [4.69, 9.17) is 14.0 Å². The van der Waals surface area contributed by atoms with Crippen molar-refractivity contribution in [2.24, 2.45) is 0 Å². The highest BCUT2D eigenvalue weighted by atomic mass is 16.7. The number of para-hydroxylation sites is 1. The molecule has 1 aliphatic heterocycles. The molecule has 0 spiro atoms. The van der Waals surface area contributed by atoms with E-state index in [-0.39, 0.29) is 0 Å². The zero-order valence-corrected chi connectivity index (χ0v) is 13.1. The Kier molecular flexibility index (Phi) is 3.97. The van der Waals surface area contributed by atoms with Gasteiger partial charge in [0.1, 0.15) is 23.4 Å². The van der Waals surface area contributed by atoms with Crippen LogP contribution >= 0.6 is 0 Å². The molecule has 3 rings (SSSR count). The highest BCUT2D eigenvalue weighted by Gasteiger charge is 2.43. The maximum absolute atomic E-state index is 11.3. The zero-order chi connectivity index (χ0) is 16.4. The number of ether oxygens (including phenoxy) is 1. The fourth-order valence-corrected chi connectivity index (χ4v) is 2.31. The molecule has 5 heteroatoms. The summed E-state index contributed by atoms with van der Waals surface area (Å²) in [6.45, 7) is 7.61. The molecule has 0 saturated carbocycles. The van der Waals surface area contributed by atoms with Crippen molar-refractivity contribution in [1.82, 2.24) is 0 Å². The van der Waals surface area contributed by atoms with Gasteiger partial charge < -0.3 is 14.0 Å². The van der Waals surface area contributed by atoms with Gasteiger partial charge in [-0.2, -0.15) is 0 Å². The van der Waals surface area contributed by atoms with Gasteiger partial charge in [-0.3, -0.25) is 4.79 Å². The Balaban J connectivity index is 1.91. The van der Waals surface area contributed by atoms with Crippen LogP contribution in [0, 0.1) is 0 Å². The van der Waals surface area contributed by atoms with Crippen molar-refractivity contribution >= 4 is 18.9 Å². The van der Waals surface area contributed by atoms with Gasteiger partial charge in [0.2, 0.25) is 0 Å². The maximum atomic E-state index is 11.3. The van der Waals surface area contributed by atoms with Gasteiger partial charge in [0.05, 0.1) is 5.76 Å². The summed E-state index contributed by atoms with van der Waals surface area (Å²) in [6, 6.07) is 14.6. The van der Waals surface area contributed by atoms with E-state index < -0.39 is 12.7 Å². The Labute approximate surface area is 135 Å². The molecule has 0 aliphatic carbocycles. The monoisotopic (exact) mass is 308 g/mol. The van der Waals surface area contributed by atoms with E-state index in [1.165, 1.54) is 0 Å². The van der Waals surface area contributed by atoms with E-state index in [0.29, 0.717) is 22.5 Å². The van der Waals surface area contributed by atoms with E-state index in [2.05, 4.69) is 6.58 Å². The molecule has 1 aliphatic rings. The van der Waals surface area contributed by atoms with Crippen molar-refractivity contribution in [2.45, 2.75) is 19.4 Å². The molecule has 23 heavy (non-hydrogen) atoms. The number of hydrogen-bond donors (Lipinski definition) is 0. The van der Waals surface area contributed by atoms with Crippen LogP contribution in [0.3, 0.4) is 0 Å². The van der Waals surface area contributed by atoms with Gasteiger partial charge in [0.15, 0.2) is 0 Å². The molecule has 0 N–H and O–H groups in total. The van der Waals surface area contributed by atoms with E-state index in [9.17, 15) is 4.79 Å². The Bertz CT molecular complexity index is 740. The largest absolute Gasteiger partial charge is 0.564 e. The summed E-state index contributed by atoms with van der Waals surface area (Å²) in [7, 11) is -0.669. The number of hydrogen-bond acceptors (Lipinski definition) is 4. The molecule has 1 saturated heterocycles. The predicted octanol–water partition coefficient (Wildman–Crippen LogP) is 3.33. The molecule has 0 unspecified atom stereocenters. The lowest BCUT2D eigenvalue weighted by molar-refractivity contribution is 0.112. The van der Waals surface area contributed by atoms with Crippen LogP contribution in [-0.4, -0.2) is 19.0 Å². The summed E-state index contributed by atoms with van der Waals surface area (Å²) in [5.41, 5.74) is 0.530. The first kappa shape index (κ1) is 15.4. The lowest BCUT2D eigenvalue weighted by Crippen LogP contribution is -2.36. The van der Waals surface area contributed by atoms with E-state index in [0.717, 1.165) is 12.0 Å². The summed E-state index contributed by atoms with van der Waals surface area (Å²) in [5, 5.41) is 0. The smallest absolute Gasteiger partial charge is 0.534 e. The molecule has 0 aromatic heterocycles. The molecular formula is C18H17BO4. The molecule has 116 valence electrons. The minimum Gasteiger partial charge on any atom is -0.534 e. The Morgan fingerprint density at radius 1 is 1.13 bits per heavy atom. The van der Waals surface area contributed by atoms with Crippen molar-refractivity contribution in [3.63, 3.8) is 0 Å². The molecule has 0 radical (unpaired) electrons. The van der Waals surface area contributed by atoms with Gasteiger partial charge in [-0.05, 0) is 44.2 Å². The van der Waals surface area contributed by atoms with Gasteiger partial charge in [0, 0.05) is 11.0 Å². The normalized spacial score (nSPS) is 16.1. The Morgan fingerprint density at radius 3 is 2.48 bits per heavy atom. The van der Waals surface area contributed by atoms with Crippen LogP contribution < -0.4 is 10.2 Å². The summed E-state index contributed by atoms with van der Waals surface area (Å²) < 4.78 is 17.3. The van der Waals surface area contributed by atoms with Crippen LogP contribution in [0.2, 0.25) is 0 Å². The molecule has 1 heterocycles. The third-order valence-electron chi connectivity index (χ3n) is 3.74. The second kappa shape index (κ2) is 5.93. The summed E-state index contributed by atoms with van der Waals surface area (Å²) in [6.07, 6.45) is 0.780. The second-order valence-corrected chi connectivity index (χ2v) is 5.82. The number of carbonyl (C=O) groups is 1. The molecular weight excluding hydrogens is 291 g/mol. The number of benzene rings is 2. The lowest BCUT2D eigenvalue weighted by Gasteiger charge is -2.16. The SMILES string of the molecule is C=C1OB(c2cc(Oc3ccccc3)ccc2C=O)OC1(C)C. The van der Waals surface area contributed by atoms with E-state index in [1.807, 2.05) is 44.2 Å². The van der Waals surface area contributed by atoms with Crippen LogP contribution in [0.25, 0.3) is 0 Å². The minimum absolute atomic E-state index is 0.501. The molecule has 0 bridgehead atoms. The van der Waals surface area contributed by atoms with E-state index >= 15 is 0 Å². The Hall–Kier alpha value is -2.53. The summed E-state index contributed by atoms with van der Waals surface area (Å²) in [5.74, 6) is 1.86. The van der Waals surface area contributed by atoms with Crippen LogP contribution in [0.1, 0.15) is 24.2 Å². The zero-order valence-electron chi connectivity index (χ0n) is 13.1. The molecule has 0 atom stereocenters. The minimum atomic E-state index is -0.669. The van der Waals surface area contributed by atoms with Gasteiger partial charge in [-0.15, -0.1) is 0 Å². The summed E-state index contributed by atoms with van der Waals surface area (Å²) >= 11 is 0. The number of aldehydes is 1. The van der Waals surface area contributed by atoms with Crippen molar-refractivity contribution < 1.29 is 18.8 Å². The van der Waals surface area contributed by atoms with Gasteiger partial charge in [0.25, 0.3) is 0 Å². The molecule has 4 nitrogen and oxygen atoms in total. The highest BCUT2D eigenvalue weighted by Crippen LogP contribution is 2.30. The predicted molar refractivity (Wildman–Crippen MR) is 89.1 cm³/mol.